The first-order valence-electron chi connectivity index (χ1n) is 3.49. The van der Waals surface area contributed by atoms with Crippen LogP contribution in [0, 0.1) is 6.92 Å². The minimum Gasteiger partial charge on any atom is -0.314 e. The lowest BCUT2D eigenvalue weighted by Crippen LogP contribution is -2.06. The molecule has 1 rings (SSSR count). The summed E-state index contributed by atoms with van der Waals surface area (Å²) in [5.41, 5.74) is 2.22. The zero-order valence-electron chi connectivity index (χ0n) is 6.98. The van der Waals surface area contributed by atoms with Crippen molar-refractivity contribution in [2.75, 3.05) is 7.05 Å². The highest BCUT2D eigenvalue weighted by Gasteiger charge is 2.07. The van der Waals surface area contributed by atoms with Gasteiger partial charge in [0.1, 0.15) is 0 Å². The summed E-state index contributed by atoms with van der Waals surface area (Å²) >= 11 is 3.48. The molecule has 1 aromatic rings. The van der Waals surface area contributed by atoms with E-state index in [1.54, 1.807) is 0 Å². The van der Waals surface area contributed by atoms with Gasteiger partial charge in [0, 0.05) is 19.3 Å². The lowest BCUT2D eigenvalue weighted by molar-refractivity contribution is 0.698. The topological polar surface area (TPSA) is 29.9 Å². The molecule has 4 heteroatoms. The average molecular weight is 218 g/mol. The fraction of sp³-hybridized carbons (Fsp3) is 0.571. The van der Waals surface area contributed by atoms with E-state index in [1.165, 1.54) is 0 Å². The molecule has 0 aromatic carbocycles. The van der Waals surface area contributed by atoms with Crippen LogP contribution >= 0.6 is 15.9 Å². The minimum absolute atomic E-state index is 0.808. The van der Waals surface area contributed by atoms with Gasteiger partial charge in [-0.3, -0.25) is 4.68 Å². The van der Waals surface area contributed by atoms with Gasteiger partial charge in [-0.2, -0.15) is 5.10 Å². The minimum atomic E-state index is 0.808. The van der Waals surface area contributed by atoms with Crippen LogP contribution in [0.15, 0.2) is 4.47 Å². The molecule has 11 heavy (non-hydrogen) atoms. The lowest BCUT2D eigenvalue weighted by Gasteiger charge is -1.92. The van der Waals surface area contributed by atoms with Gasteiger partial charge >= 0.3 is 0 Å². The number of halogens is 1. The number of aryl methyl sites for hydroxylation is 1. The summed E-state index contributed by atoms with van der Waals surface area (Å²) in [7, 11) is 3.86. The number of nitrogens with zero attached hydrogens (tertiary/aromatic N) is 2. The normalized spacial score (nSPS) is 10.5. The molecule has 62 valence electrons. The quantitative estimate of drug-likeness (QED) is 0.808. The van der Waals surface area contributed by atoms with E-state index in [0.29, 0.717) is 0 Å². The van der Waals surface area contributed by atoms with Crippen molar-refractivity contribution in [2.24, 2.45) is 7.05 Å². The van der Waals surface area contributed by atoms with E-state index < -0.39 is 0 Å². The molecule has 0 saturated heterocycles. The molecule has 0 saturated carbocycles. The number of aromatic nitrogens is 2. The zero-order valence-corrected chi connectivity index (χ0v) is 8.57. The summed E-state index contributed by atoms with van der Waals surface area (Å²) in [6.45, 7) is 2.85. The van der Waals surface area contributed by atoms with E-state index in [9.17, 15) is 0 Å². The Hall–Kier alpha value is -0.350. The number of hydrogen-bond donors (Lipinski definition) is 1. The Morgan fingerprint density at radius 1 is 1.64 bits per heavy atom. The molecule has 0 aliphatic rings. The van der Waals surface area contributed by atoms with Gasteiger partial charge in [0.25, 0.3) is 0 Å². The molecule has 0 unspecified atom stereocenters. The number of nitrogens with one attached hydrogen (secondary N) is 1. The molecule has 1 N–H and O–H groups in total. The van der Waals surface area contributed by atoms with E-state index in [4.69, 9.17) is 0 Å². The van der Waals surface area contributed by atoms with Gasteiger partial charge in [-0.1, -0.05) is 0 Å². The molecular formula is C7H12BrN3. The molecular weight excluding hydrogens is 206 g/mol. The highest BCUT2D eigenvalue weighted by Crippen LogP contribution is 2.19. The number of rotatable bonds is 2. The summed E-state index contributed by atoms with van der Waals surface area (Å²) in [5.74, 6) is 0. The van der Waals surface area contributed by atoms with Crippen molar-refractivity contribution in [3.63, 3.8) is 0 Å². The molecule has 0 aliphatic heterocycles. The highest BCUT2D eigenvalue weighted by atomic mass is 79.9. The van der Waals surface area contributed by atoms with Gasteiger partial charge in [0.2, 0.25) is 0 Å². The first kappa shape index (κ1) is 8.74. The van der Waals surface area contributed by atoms with Gasteiger partial charge in [-0.15, -0.1) is 0 Å². The summed E-state index contributed by atoms with van der Waals surface area (Å²) in [6.07, 6.45) is 0. The SMILES string of the molecule is CNCc1nn(C)c(C)c1Br. The molecule has 1 heterocycles. The Kier molecular flexibility index (Phi) is 2.67. The predicted octanol–water partition coefficient (Wildman–Crippen LogP) is 1.21. The largest absolute Gasteiger partial charge is 0.314 e. The van der Waals surface area contributed by atoms with E-state index in [1.807, 2.05) is 25.7 Å². The Balaban J connectivity index is 2.98. The van der Waals surface area contributed by atoms with E-state index in [0.717, 1.165) is 22.4 Å². The first-order chi connectivity index (χ1) is 5.16. The van der Waals surface area contributed by atoms with Gasteiger partial charge < -0.3 is 5.32 Å². The molecule has 0 fully saturated rings. The van der Waals surface area contributed by atoms with Gasteiger partial charge in [0.05, 0.1) is 10.2 Å². The lowest BCUT2D eigenvalue weighted by atomic mass is 10.4. The van der Waals surface area contributed by atoms with E-state index in [2.05, 4.69) is 26.3 Å². The van der Waals surface area contributed by atoms with Crippen molar-refractivity contribution in [1.29, 1.82) is 0 Å². The standard InChI is InChI=1S/C7H12BrN3/c1-5-7(8)6(4-9-2)10-11(5)3/h9H,4H2,1-3H3. The zero-order chi connectivity index (χ0) is 8.43. The first-order valence-corrected chi connectivity index (χ1v) is 4.28. The summed E-state index contributed by atoms with van der Waals surface area (Å²) < 4.78 is 2.98. The van der Waals surface area contributed by atoms with Gasteiger partial charge in [0.15, 0.2) is 0 Å². The van der Waals surface area contributed by atoms with Crippen LogP contribution in [0.2, 0.25) is 0 Å². The number of hydrogen-bond acceptors (Lipinski definition) is 2. The second-order valence-electron chi connectivity index (χ2n) is 2.50. The Morgan fingerprint density at radius 2 is 2.27 bits per heavy atom. The molecule has 0 atom stereocenters. The van der Waals surface area contributed by atoms with Crippen LogP contribution in [0.25, 0.3) is 0 Å². The Morgan fingerprint density at radius 3 is 2.64 bits per heavy atom. The van der Waals surface area contributed by atoms with Crippen LogP contribution in [0.4, 0.5) is 0 Å². The molecule has 0 bridgehead atoms. The van der Waals surface area contributed by atoms with Crippen LogP contribution in [-0.4, -0.2) is 16.8 Å². The van der Waals surface area contributed by atoms with Crippen LogP contribution in [0.3, 0.4) is 0 Å². The van der Waals surface area contributed by atoms with Crippen molar-refractivity contribution >= 4 is 15.9 Å². The second-order valence-corrected chi connectivity index (χ2v) is 3.29. The summed E-state index contributed by atoms with van der Waals surface area (Å²) in [6, 6.07) is 0. The molecule has 0 radical (unpaired) electrons. The van der Waals surface area contributed by atoms with Crippen molar-refractivity contribution in [3.8, 4) is 0 Å². The molecule has 0 spiro atoms. The Labute approximate surface area is 74.9 Å². The van der Waals surface area contributed by atoms with Crippen molar-refractivity contribution < 1.29 is 0 Å². The fourth-order valence-corrected chi connectivity index (χ4v) is 1.41. The maximum atomic E-state index is 4.31. The van der Waals surface area contributed by atoms with Crippen LogP contribution in [0.5, 0.6) is 0 Å². The Bertz CT molecular complexity index is 254. The van der Waals surface area contributed by atoms with Crippen molar-refractivity contribution in [2.45, 2.75) is 13.5 Å². The second kappa shape index (κ2) is 3.36. The fourth-order valence-electron chi connectivity index (χ4n) is 0.931. The maximum Gasteiger partial charge on any atom is 0.0906 e. The molecule has 0 aliphatic carbocycles. The molecule has 3 nitrogen and oxygen atoms in total. The molecule has 1 aromatic heterocycles. The van der Waals surface area contributed by atoms with Crippen LogP contribution in [0.1, 0.15) is 11.4 Å². The van der Waals surface area contributed by atoms with Crippen molar-refractivity contribution in [3.05, 3.63) is 15.9 Å². The molecule has 0 amide bonds. The third kappa shape index (κ3) is 1.62. The third-order valence-corrected chi connectivity index (χ3v) is 2.70. The van der Waals surface area contributed by atoms with E-state index in [-0.39, 0.29) is 0 Å². The third-order valence-electron chi connectivity index (χ3n) is 1.67. The monoisotopic (exact) mass is 217 g/mol. The average Bonchev–Trinajstić information content (AvgIpc) is 2.19. The smallest absolute Gasteiger partial charge is 0.0906 e. The van der Waals surface area contributed by atoms with E-state index >= 15 is 0 Å². The predicted molar refractivity (Wildman–Crippen MR) is 48.4 cm³/mol. The van der Waals surface area contributed by atoms with Crippen LogP contribution in [-0.2, 0) is 13.6 Å². The highest BCUT2D eigenvalue weighted by molar-refractivity contribution is 9.10. The van der Waals surface area contributed by atoms with Crippen molar-refractivity contribution in [1.82, 2.24) is 15.1 Å². The van der Waals surface area contributed by atoms with Crippen LogP contribution < -0.4 is 5.32 Å². The summed E-state index contributed by atoms with van der Waals surface area (Å²) in [5, 5.41) is 7.37. The summed E-state index contributed by atoms with van der Waals surface area (Å²) in [4.78, 5) is 0. The van der Waals surface area contributed by atoms with Gasteiger partial charge in [-0.05, 0) is 29.9 Å². The van der Waals surface area contributed by atoms with Gasteiger partial charge in [-0.25, -0.2) is 0 Å². The maximum absolute atomic E-state index is 4.31.